The Balaban J connectivity index is 3.75. The second-order valence-electron chi connectivity index (χ2n) is 5.19. The van der Waals surface area contributed by atoms with Crippen molar-refractivity contribution >= 4 is 0 Å². The Morgan fingerprint density at radius 1 is 1.00 bits per heavy atom. The smallest absolute Gasteiger partial charge is 0.116 e. The van der Waals surface area contributed by atoms with Crippen LogP contribution in [0.1, 0.15) is 40.5 Å². The van der Waals surface area contributed by atoms with Crippen LogP contribution < -0.4 is 5.73 Å². The lowest BCUT2D eigenvalue weighted by Crippen LogP contribution is -2.41. The van der Waals surface area contributed by atoms with Crippen molar-refractivity contribution in [2.45, 2.75) is 51.9 Å². The molecule has 0 aromatic carbocycles. The van der Waals surface area contributed by atoms with Crippen LogP contribution in [-0.2, 0) is 14.2 Å². The number of hydrogen-bond donors (Lipinski definition) is 2. The molecule has 5 nitrogen and oxygen atoms in total. The number of hydrogen-bond acceptors (Lipinski definition) is 5. The summed E-state index contributed by atoms with van der Waals surface area (Å²) in [6.07, 6.45) is 1.18. The van der Waals surface area contributed by atoms with Crippen molar-refractivity contribution in [1.82, 2.24) is 0 Å². The van der Waals surface area contributed by atoms with E-state index in [2.05, 4.69) is 0 Å². The molecule has 0 bridgehead atoms. The molecule has 0 amide bonds. The maximum Gasteiger partial charge on any atom is 0.116 e. The first-order valence-corrected chi connectivity index (χ1v) is 6.58. The normalized spacial score (nSPS) is 15.7. The van der Waals surface area contributed by atoms with Gasteiger partial charge in [0.15, 0.2) is 0 Å². The third kappa shape index (κ3) is 9.79. The van der Waals surface area contributed by atoms with Crippen LogP contribution in [0.5, 0.6) is 0 Å². The lowest BCUT2D eigenvalue weighted by molar-refractivity contribution is -0.0901. The van der Waals surface area contributed by atoms with E-state index in [0.29, 0.717) is 32.8 Å². The fourth-order valence-corrected chi connectivity index (χ4v) is 1.42. The summed E-state index contributed by atoms with van der Waals surface area (Å²) in [5.41, 5.74) is 4.83. The molecular weight excluding hydrogens is 234 g/mol. The van der Waals surface area contributed by atoms with Gasteiger partial charge in [0.25, 0.3) is 0 Å². The summed E-state index contributed by atoms with van der Waals surface area (Å²) in [7, 11) is 0. The minimum atomic E-state index is -0.768. The Hall–Kier alpha value is -0.200. The highest BCUT2D eigenvalue weighted by atomic mass is 16.5. The third-order valence-corrected chi connectivity index (χ3v) is 2.67. The van der Waals surface area contributed by atoms with Crippen molar-refractivity contribution in [3.05, 3.63) is 0 Å². The Morgan fingerprint density at radius 2 is 1.67 bits per heavy atom. The standard InChI is InChI=1S/C13H29NO4/c1-5-16-10-11-17-12(2,3)7-9-18-13(4,14)6-8-15/h15H,5-11,14H2,1-4H3. The molecule has 5 heteroatoms. The van der Waals surface area contributed by atoms with Crippen LogP contribution in [0, 0.1) is 0 Å². The molecule has 0 aliphatic carbocycles. The lowest BCUT2D eigenvalue weighted by Gasteiger charge is -2.29. The van der Waals surface area contributed by atoms with Gasteiger partial charge in [-0.15, -0.1) is 0 Å². The zero-order valence-electron chi connectivity index (χ0n) is 12.2. The Morgan fingerprint density at radius 3 is 2.22 bits per heavy atom. The lowest BCUT2D eigenvalue weighted by atomic mass is 10.1. The maximum absolute atomic E-state index is 8.83. The number of nitrogens with two attached hydrogens (primary N) is 1. The van der Waals surface area contributed by atoms with Gasteiger partial charge in [-0.1, -0.05) is 0 Å². The number of ether oxygens (including phenoxy) is 3. The summed E-state index contributed by atoms with van der Waals surface area (Å²) in [6.45, 7) is 10.2. The van der Waals surface area contributed by atoms with Gasteiger partial charge in [-0.25, -0.2) is 0 Å². The van der Waals surface area contributed by atoms with E-state index in [1.807, 2.05) is 20.8 Å². The second-order valence-corrected chi connectivity index (χ2v) is 5.19. The maximum atomic E-state index is 8.83. The van der Waals surface area contributed by atoms with Crippen molar-refractivity contribution in [2.24, 2.45) is 5.73 Å². The highest BCUT2D eigenvalue weighted by Crippen LogP contribution is 2.16. The van der Waals surface area contributed by atoms with Gasteiger partial charge < -0.3 is 25.1 Å². The van der Waals surface area contributed by atoms with Crippen molar-refractivity contribution in [3.63, 3.8) is 0 Å². The van der Waals surface area contributed by atoms with E-state index in [-0.39, 0.29) is 12.2 Å². The van der Waals surface area contributed by atoms with Gasteiger partial charge in [-0.3, -0.25) is 0 Å². The van der Waals surface area contributed by atoms with Crippen LogP contribution in [0.25, 0.3) is 0 Å². The van der Waals surface area contributed by atoms with Crippen LogP contribution in [0.4, 0.5) is 0 Å². The van der Waals surface area contributed by atoms with Crippen LogP contribution in [0.2, 0.25) is 0 Å². The Labute approximate surface area is 111 Å². The van der Waals surface area contributed by atoms with Crippen molar-refractivity contribution in [1.29, 1.82) is 0 Å². The largest absolute Gasteiger partial charge is 0.396 e. The highest BCUT2D eigenvalue weighted by Gasteiger charge is 2.22. The molecule has 0 aromatic heterocycles. The van der Waals surface area contributed by atoms with Gasteiger partial charge in [0, 0.05) is 19.6 Å². The van der Waals surface area contributed by atoms with Crippen LogP contribution in [0.15, 0.2) is 0 Å². The second kappa shape index (κ2) is 8.82. The first kappa shape index (κ1) is 17.8. The molecular formula is C13H29NO4. The molecule has 0 heterocycles. The molecule has 0 rings (SSSR count). The van der Waals surface area contributed by atoms with Gasteiger partial charge in [-0.2, -0.15) is 0 Å². The average molecular weight is 263 g/mol. The zero-order chi connectivity index (χ0) is 14.1. The molecule has 0 fully saturated rings. The van der Waals surface area contributed by atoms with Crippen molar-refractivity contribution in [3.8, 4) is 0 Å². The summed E-state index contributed by atoms with van der Waals surface area (Å²) in [5, 5.41) is 8.83. The molecule has 0 saturated carbocycles. The summed E-state index contributed by atoms with van der Waals surface area (Å²) in [5.74, 6) is 0. The average Bonchev–Trinajstić information content (AvgIpc) is 2.23. The van der Waals surface area contributed by atoms with Gasteiger partial charge in [-0.05, 0) is 34.1 Å². The predicted molar refractivity (Wildman–Crippen MR) is 71.4 cm³/mol. The Kier molecular flexibility index (Phi) is 8.73. The molecule has 1 unspecified atom stereocenters. The number of aliphatic hydroxyl groups is 1. The third-order valence-electron chi connectivity index (χ3n) is 2.67. The first-order valence-electron chi connectivity index (χ1n) is 6.58. The van der Waals surface area contributed by atoms with E-state index in [1.165, 1.54) is 0 Å². The summed E-state index contributed by atoms with van der Waals surface area (Å²) >= 11 is 0. The molecule has 1 atom stereocenters. The van der Waals surface area contributed by atoms with Gasteiger partial charge >= 0.3 is 0 Å². The molecule has 0 saturated heterocycles. The van der Waals surface area contributed by atoms with Crippen LogP contribution >= 0.6 is 0 Å². The molecule has 110 valence electrons. The molecule has 0 aliphatic rings. The molecule has 3 N–H and O–H groups in total. The van der Waals surface area contributed by atoms with Crippen LogP contribution in [-0.4, -0.2) is 49.5 Å². The molecule has 0 spiro atoms. The predicted octanol–water partition coefficient (Wildman–Crippen LogP) is 1.28. The molecule has 18 heavy (non-hydrogen) atoms. The summed E-state index contributed by atoms with van der Waals surface area (Å²) < 4.78 is 16.5. The minimum Gasteiger partial charge on any atom is -0.396 e. The quantitative estimate of drug-likeness (QED) is 0.434. The summed E-state index contributed by atoms with van der Waals surface area (Å²) in [4.78, 5) is 0. The van der Waals surface area contributed by atoms with Crippen molar-refractivity contribution < 1.29 is 19.3 Å². The highest BCUT2D eigenvalue weighted by molar-refractivity contribution is 4.71. The molecule has 0 aromatic rings. The van der Waals surface area contributed by atoms with E-state index in [1.54, 1.807) is 6.92 Å². The van der Waals surface area contributed by atoms with E-state index in [0.717, 1.165) is 6.42 Å². The fourth-order valence-electron chi connectivity index (χ4n) is 1.42. The van der Waals surface area contributed by atoms with Gasteiger partial charge in [0.2, 0.25) is 0 Å². The topological polar surface area (TPSA) is 73.9 Å². The van der Waals surface area contributed by atoms with E-state index >= 15 is 0 Å². The zero-order valence-corrected chi connectivity index (χ0v) is 12.2. The monoisotopic (exact) mass is 263 g/mol. The van der Waals surface area contributed by atoms with E-state index in [9.17, 15) is 0 Å². The van der Waals surface area contributed by atoms with Crippen LogP contribution in [0.3, 0.4) is 0 Å². The Bertz CT molecular complexity index is 207. The van der Waals surface area contributed by atoms with Gasteiger partial charge in [0.1, 0.15) is 5.72 Å². The van der Waals surface area contributed by atoms with E-state index in [4.69, 9.17) is 25.1 Å². The van der Waals surface area contributed by atoms with Gasteiger partial charge in [0.05, 0.1) is 25.4 Å². The van der Waals surface area contributed by atoms with Crippen molar-refractivity contribution in [2.75, 3.05) is 33.0 Å². The molecule has 0 radical (unpaired) electrons. The minimum absolute atomic E-state index is 0.0290. The first-order chi connectivity index (χ1) is 8.33. The van der Waals surface area contributed by atoms with E-state index < -0.39 is 5.72 Å². The summed E-state index contributed by atoms with van der Waals surface area (Å²) in [6, 6.07) is 0. The number of aliphatic hydroxyl groups excluding tert-OH is 1. The fraction of sp³-hybridized carbons (Fsp3) is 1.00. The SMILES string of the molecule is CCOCCOC(C)(C)CCOC(C)(N)CCO. The number of rotatable bonds is 11. The molecule has 0 aliphatic heterocycles.